The fourth-order valence-corrected chi connectivity index (χ4v) is 10.0. The van der Waals surface area contributed by atoms with Crippen LogP contribution in [0.5, 0.6) is 40.2 Å². The van der Waals surface area contributed by atoms with E-state index in [-0.39, 0.29) is 46.4 Å². The summed E-state index contributed by atoms with van der Waals surface area (Å²) in [6.07, 6.45) is 20.7. The van der Waals surface area contributed by atoms with Gasteiger partial charge in [0.05, 0.1) is 48.0 Å². The number of carboxylic acid groups (broad SMARTS) is 2. The zero-order valence-corrected chi connectivity index (χ0v) is 65.2. The van der Waals surface area contributed by atoms with E-state index in [9.17, 15) is 19.9 Å². The molecule has 7 N–H and O–H groups in total. The maximum absolute atomic E-state index is 11.0. The van der Waals surface area contributed by atoms with Gasteiger partial charge in [-0.1, -0.05) is 104 Å². The average molecular weight is 1510 g/mol. The molecule has 30 heteroatoms. The first kappa shape index (κ1) is 89.3. The van der Waals surface area contributed by atoms with E-state index >= 15 is 0 Å². The molecule has 28 nitrogen and oxygen atoms in total. The zero-order chi connectivity index (χ0) is 78.2. The molecule has 0 radical (unpaired) electrons. The Labute approximate surface area is 657 Å². The van der Waals surface area contributed by atoms with Crippen molar-refractivity contribution in [2.45, 2.75) is 32.5 Å². The van der Waals surface area contributed by atoms with Crippen LogP contribution in [-0.4, -0.2) is 127 Å². The van der Waals surface area contributed by atoms with Gasteiger partial charge in [0.25, 0.3) is 0 Å². The first-order valence-corrected chi connectivity index (χ1v) is 36.3. The van der Waals surface area contributed by atoms with Gasteiger partial charge in [0.2, 0.25) is 0 Å². The van der Waals surface area contributed by atoms with Crippen LogP contribution >= 0.6 is 0 Å². The Morgan fingerprint density at radius 3 is 1.18 bits per heavy atom. The van der Waals surface area contributed by atoms with Crippen LogP contribution in [0.3, 0.4) is 0 Å². The van der Waals surface area contributed by atoms with Crippen LogP contribution in [0.2, 0.25) is 19.6 Å². The second-order valence-corrected chi connectivity index (χ2v) is 27.8. The molecule has 1 saturated heterocycles. The first-order valence-electron chi connectivity index (χ1n) is 32.8. The molecule has 1 fully saturated rings. The van der Waals surface area contributed by atoms with Crippen LogP contribution in [0.4, 0.5) is 0 Å². The van der Waals surface area contributed by atoms with Gasteiger partial charge < -0.3 is 65.0 Å². The van der Waals surface area contributed by atoms with E-state index in [1.54, 1.807) is 146 Å². The molecule has 0 aliphatic carbocycles. The van der Waals surface area contributed by atoms with Crippen LogP contribution < -0.4 is 68.6 Å². The normalized spacial score (nSPS) is 10.5. The number of methoxy groups -OCH3 is 6. The summed E-state index contributed by atoms with van der Waals surface area (Å²) in [7, 11) is 8.36. The number of carbonyl (C=O) groups is 2. The molecule has 0 spiro atoms. The van der Waals surface area contributed by atoms with Crippen molar-refractivity contribution in [3.8, 4) is 52.0 Å². The number of carboxylic acids is 2. The standard InChI is InChI=1S/C11H8N2O.2C11H9NO3.C10H9NO2.2C10H9NO.C9H7NO.C4H9NSi.C4H8O.H3N5.Na.H2O/c1-14-11-4-2-3-8-9(11)5-6-13-10(8)7-12;2*1-15-9-4-2-3-8-7(9)5-6-12-10(8)11(13)14;1-13-10-4-2-3-8-7-11(12)6-5-9(8)10;2*1-12-10-4-2-3-8-7-11-6-5-9(8)10;11-9-3-1-2-7-6-10-5-4-8(7)9;1-6(2,3)4-5;1-2-4-5-3-1;1-3-5-4-2;;/h2-6H,1H3;2*2-6H,1H3,(H,13,14);2-7H,1H3;2*2-7H,1H3;1-6,11H;1-3H3;1-4H2;(H3,1,2,5);;1H2/q;;;;;;;;;;+1;/p-1. The fraction of sp³-hybridized carbons (Fsp3) is 0.163. The number of nitrogens with zero attached hydrogens (tertiary/aromatic N) is 12. The first-order chi connectivity index (χ1) is 52.3. The average Bonchev–Trinajstić information content (AvgIpc) is 1.16. The molecular weight excluding hydrogens is 1430 g/mol. The summed E-state index contributed by atoms with van der Waals surface area (Å²) in [5, 5.41) is 75.5. The van der Waals surface area contributed by atoms with Gasteiger partial charge in [-0.25, -0.2) is 29.8 Å². The molecule has 1 aliphatic rings. The number of aromatic hydroxyl groups is 1. The van der Waals surface area contributed by atoms with Crippen molar-refractivity contribution in [1.82, 2.24) is 29.9 Å². The summed E-state index contributed by atoms with van der Waals surface area (Å²) >= 11 is 0. The number of aromatic carboxylic acids is 2. The Morgan fingerprint density at radius 2 is 0.836 bits per heavy atom. The van der Waals surface area contributed by atoms with Crippen LogP contribution in [0, 0.1) is 33.0 Å². The van der Waals surface area contributed by atoms with Gasteiger partial charge in [0.15, 0.2) is 31.9 Å². The Balaban J connectivity index is 0.000000262. The van der Waals surface area contributed by atoms with Crippen LogP contribution in [0.1, 0.15) is 39.5 Å². The monoisotopic (exact) mass is 1510 g/mol. The van der Waals surface area contributed by atoms with E-state index in [0.717, 1.165) is 106 Å². The number of pyridine rings is 7. The predicted octanol–water partition coefficient (Wildman–Crippen LogP) is 13.2. The number of phenols is 1. The number of ether oxygens (including phenoxy) is 7. The van der Waals surface area contributed by atoms with Gasteiger partial charge in [0, 0.05) is 151 Å². The molecule has 8 heterocycles. The van der Waals surface area contributed by atoms with Crippen molar-refractivity contribution in [1.29, 1.82) is 16.1 Å². The number of nitrogens with one attached hydrogen (secondary N) is 1. The number of phenolic OH excluding ortho intramolecular Hbond substituents is 1. The fourth-order valence-electron chi connectivity index (χ4n) is 10.0. The summed E-state index contributed by atoms with van der Waals surface area (Å²) in [5.74, 6) is 7.28. The largest absolute Gasteiger partial charge is 1.00 e. The van der Waals surface area contributed by atoms with Crippen molar-refractivity contribution in [2.24, 2.45) is 21.5 Å². The molecule has 7 aromatic heterocycles. The van der Waals surface area contributed by atoms with Gasteiger partial charge in [-0.3, -0.25) is 15.0 Å². The minimum absolute atomic E-state index is 0. The minimum Gasteiger partial charge on any atom is -0.870 e. The van der Waals surface area contributed by atoms with Gasteiger partial charge in [0.1, 0.15) is 52.0 Å². The molecule has 7 aromatic carbocycles. The molecule has 0 unspecified atom stereocenters. The van der Waals surface area contributed by atoms with E-state index in [1.165, 1.54) is 37.6 Å². The Kier molecular flexibility index (Phi) is 38.5. The third-order valence-electron chi connectivity index (χ3n) is 15.1. The number of nitriles is 2. The Bertz CT molecular complexity index is 5200. The van der Waals surface area contributed by atoms with Crippen molar-refractivity contribution >= 4 is 95.4 Å². The van der Waals surface area contributed by atoms with E-state index in [4.69, 9.17) is 59.4 Å². The number of hydrogen-bond acceptors (Lipinski definition) is 22. The SMILES string of the molecule is C1CCOC1.COc1cccc2c(C#N)nccc12.COc1cccc2c(C(=O)O)nccc12.COc1cccc2c(C(=O)O)nccc12.COc1cccc2c[n+]([O-])ccc12.COc1cccc2cnccc12.COc1cccc2cnccc12.C[Si](C)(C)C#N.N=N/N=N/N.Oc1cccc2cnccc12.[Na+].[OH-]. The van der Waals surface area contributed by atoms with Crippen molar-refractivity contribution < 1.29 is 97.8 Å². The molecule has 0 atom stereocenters. The number of nitrogens with two attached hydrogens (primary N) is 1. The quantitative estimate of drug-likeness (QED) is 0.0224. The van der Waals surface area contributed by atoms with Crippen LogP contribution in [0.15, 0.2) is 254 Å². The van der Waals surface area contributed by atoms with Gasteiger partial charge >= 0.3 is 41.5 Å². The molecule has 15 rings (SSSR count). The topological polar surface area (TPSA) is 428 Å². The molecule has 110 heavy (non-hydrogen) atoms. The van der Waals surface area contributed by atoms with Crippen molar-refractivity contribution in [2.75, 3.05) is 55.9 Å². The third kappa shape index (κ3) is 26.7. The number of fused-ring (bicyclic) bond motifs is 7. The Hall–Kier alpha value is -13.1. The Morgan fingerprint density at radius 1 is 0.500 bits per heavy atom. The second kappa shape index (κ2) is 47.4. The molecule has 0 bridgehead atoms. The maximum Gasteiger partial charge on any atom is 1.00 e. The third-order valence-corrected chi connectivity index (χ3v) is 15.8. The molecule has 0 saturated carbocycles. The summed E-state index contributed by atoms with van der Waals surface area (Å²) in [5.41, 5.74) is 8.66. The van der Waals surface area contributed by atoms with E-state index in [1.807, 2.05) is 129 Å². The van der Waals surface area contributed by atoms with E-state index in [2.05, 4.69) is 63.2 Å². The minimum atomic E-state index is -1.33. The number of benzene rings is 7. The van der Waals surface area contributed by atoms with E-state index < -0.39 is 20.0 Å². The molecular formula is C80H81N14NaO14Si. The van der Waals surface area contributed by atoms with Gasteiger partial charge in [-0.2, -0.15) is 15.5 Å². The number of aromatic nitrogens is 7. The molecule has 0 amide bonds. The van der Waals surface area contributed by atoms with Gasteiger partial charge in [-0.15, -0.1) is 0 Å². The molecule has 14 aromatic rings. The second-order valence-electron chi connectivity index (χ2n) is 23.1. The summed E-state index contributed by atoms with van der Waals surface area (Å²) < 4.78 is 36.8. The maximum atomic E-state index is 11.0. The van der Waals surface area contributed by atoms with Crippen LogP contribution in [-0.2, 0) is 4.74 Å². The smallest absolute Gasteiger partial charge is 0.870 e. The zero-order valence-electron chi connectivity index (χ0n) is 62.2. The summed E-state index contributed by atoms with van der Waals surface area (Å²) in [4.78, 5) is 45.5. The predicted molar refractivity (Wildman–Crippen MR) is 418 cm³/mol. The molecule has 1 aliphatic heterocycles. The number of rotatable bonds is 9. The van der Waals surface area contributed by atoms with Gasteiger partial charge in [-0.05, 0) is 108 Å². The van der Waals surface area contributed by atoms with Crippen molar-refractivity contribution in [3.63, 3.8) is 0 Å². The summed E-state index contributed by atoms with van der Waals surface area (Å²) in [6, 6.07) is 53.8. The number of hydrogen-bond donors (Lipinski definition) is 5. The van der Waals surface area contributed by atoms with E-state index in [0.29, 0.717) is 33.7 Å². The van der Waals surface area contributed by atoms with Crippen LogP contribution in [0.25, 0.3) is 75.4 Å². The summed E-state index contributed by atoms with van der Waals surface area (Å²) in [6.45, 7) is 8.06. The van der Waals surface area contributed by atoms with Crippen molar-refractivity contribution in [3.05, 3.63) is 260 Å². The molecule has 560 valence electrons.